The molecule has 0 amide bonds. The van der Waals surface area contributed by atoms with E-state index in [-0.39, 0.29) is 17.4 Å². The van der Waals surface area contributed by atoms with E-state index in [9.17, 15) is 15.0 Å². The summed E-state index contributed by atoms with van der Waals surface area (Å²) in [4.78, 5) is 11.2. The third-order valence-corrected chi connectivity index (χ3v) is 3.62. The number of aliphatic hydroxyl groups is 1. The maximum atomic E-state index is 11.2. The van der Waals surface area contributed by atoms with E-state index in [4.69, 9.17) is 9.47 Å². The van der Waals surface area contributed by atoms with Gasteiger partial charge in [-0.25, -0.2) is 4.79 Å². The molecule has 0 bridgehead atoms. The molecular weight excluding hydrogens is 260 g/mol. The van der Waals surface area contributed by atoms with E-state index in [1.807, 2.05) is 0 Å². The number of benzene rings is 1. The van der Waals surface area contributed by atoms with Crippen molar-refractivity contribution in [1.82, 2.24) is 0 Å². The van der Waals surface area contributed by atoms with Crippen LogP contribution in [0.3, 0.4) is 0 Å². The van der Waals surface area contributed by atoms with Crippen LogP contribution in [0.25, 0.3) is 0 Å². The molecule has 0 aromatic heterocycles. The van der Waals surface area contributed by atoms with Crippen LogP contribution in [0.1, 0.15) is 42.5 Å². The van der Waals surface area contributed by atoms with Gasteiger partial charge in [-0.05, 0) is 31.4 Å². The van der Waals surface area contributed by atoms with Gasteiger partial charge in [-0.15, -0.1) is 0 Å². The van der Waals surface area contributed by atoms with Crippen LogP contribution in [-0.4, -0.2) is 35.5 Å². The molecule has 2 unspecified atom stereocenters. The highest BCUT2D eigenvalue weighted by molar-refractivity contribution is 5.91. The number of carboxylic acid groups (broad SMARTS) is 1. The number of hydrogen-bond donors (Lipinski definition) is 2. The summed E-state index contributed by atoms with van der Waals surface area (Å²) in [7, 11) is 1.51. The van der Waals surface area contributed by atoms with Gasteiger partial charge in [0.1, 0.15) is 23.2 Å². The second-order valence-corrected chi connectivity index (χ2v) is 5.03. The van der Waals surface area contributed by atoms with Crippen LogP contribution in [-0.2, 0) is 0 Å². The summed E-state index contributed by atoms with van der Waals surface area (Å²) in [6.07, 6.45) is 3.54. The minimum atomic E-state index is -1.05. The highest BCUT2D eigenvalue weighted by Gasteiger charge is 2.25. The molecule has 0 heterocycles. The van der Waals surface area contributed by atoms with Crippen LogP contribution in [0.4, 0.5) is 0 Å². The molecule has 1 fully saturated rings. The average molecular weight is 280 g/mol. The predicted molar refractivity (Wildman–Crippen MR) is 73.5 cm³/mol. The maximum Gasteiger partial charge on any atom is 0.339 e. The van der Waals surface area contributed by atoms with Gasteiger partial charge >= 0.3 is 5.97 Å². The Kier molecular flexibility index (Phi) is 4.84. The van der Waals surface area contributed by atoms with Gasteiger partial charge in [0.05, 0.1) is 13.2 Å². The molecule has 0 radical (unpaired) electrons. The number of ether oxygens (including phenoxy) is 2. The lowest BCUT2D eigenvalue weighted by Gasteiger charge is -2.23. The Morgan fingerprint density at radius 2 is 2.00 bits per heavy atom. The number of rotatable bonds is 4. The van der Waals surface area contributed by atoms with E-state index >= 15 is 0 Å². The smallest absolute Gasteiger partial charge is 0.339 e. The summed E-state index contributed by atoms with van der Waals surface area (Å²) in [6, 6.07) is 4.60. The summed E-state index contributed by atoms with van der Waals surface area (Å²) in [5.74, 6) is -0.262. The van der Waals surface area contributed by atoms with E-state index < -0.39 is 12.1 Å². The van der Waals surface area contributed by atoms with Gasteiger partial charge in [-0.3, -0.25) is 0 Å². The molecule has 1 aromatic carbocycles. The first-order chi connectivity index (χ1) is 9.61. The first-order valence-electron chi connectivity index (χ1n) is 6.88. The molecule has 20 heavy (non-hydrogen) atoms. The van der Waals surface area contributed by atoms with Gasteiger partial charge in [-0.1, -0.05) is 12.8 Å². The number of carboxylic acids is 1. The molecule has 110 valence electrons. The van der Waals surface area contributed by atoms with Crippen LogP contribution in [0, 0.1) is 0 Å². The summed E-state index contributed by atoms with van der Waals surface area (Å²) in [6.45, 7) is 0. The summed E-state index contributed by atoms with van der Waals surface area (Å²) >= 11 is 0. The number of carbonyl (C=O) groups is 1. The lowest BCUT2D eigenvalue weighted by molar-refractivity contribution is 0.0304. The van der Waals surface area contributed by atoms with Gasteiger partial charge in [0.15, 0.2) is 0 Å². The quantitative estimate of drug-likeness (QED) is 0.829. The van der Waals surface area contributed by atoms with Gasteiger partial charge in [0.2, 0.25) is 0 Å². The molecule has 1 saturated carbocycles. The molecule has 1 aliphatic carbocycles. The summed E-state index contributed by atoms with van der Waals surface area (Å²) in [5.41, 5.74) is 0.0854. The molecule has 1 aliphatic rings. The topological polar surface area (TPSA) is 76.0 Å². The first-order valence-corrected chi connectivity index (χ1v) is 6.88. The largest absolute Gasteiger partial charge is 0.497 e. The Balaban J connectivity index is 2.23. The van der Waals surface area contributed by atoms with Crippen LogP contribution in [0.5, 0.6) is 11.5 Å². The molecule has 0 spiro atoms. The molecule has 0 saturated heterocycles. The van der Waals surface area contributed by atoms with Crippen LogP contribution >= 0.6 is 0 Å². The number of methoxy groups -OCH3 is 1. The van der Waals surface area contributed by atoms with Crippen molar-refractivity contribution in [3.05, 3.63) is 23.8 Å². The van der Waals surface area contributed by atoms with Crippen molar-refractivity contribution in [3.63, 3.8) is 0 Å². The van der Waals surface area contributed by atoms with E-state index in [0.717, 1.165) is 25.7 Å². The fourth-order valence-corrected chi connectivity index (χ4v) is 2.46. The highest BCUT2D eigenvalue weighted by Crippen LogP contribution is 2.29. The van der Waals surface area contributed by atoms with Crippen LogP contribution in [0.15, 0.2) is 18.2 Å². The van der Waals surface area contributed by atoms with Crippen molar-refractivity contribution in [1.29, 1.82) is 0 Å². The zero-order chi connectivity index (χ0) is 14.5. The van der Waals surface area contributed by atoms with Crippen molar-refractivity contribution < 1.29 is 24.5 Å². The van der Waals surface area contributed by atoms with Gasteiger partial charge in [-0.2, -0.15) is 0 Å². The Hall–Kier alpha value is -1.75. The van der Waals surface area contributed by atoms with Crippen LogP contribution in [0.2, 0.25) is 0 Å². The van der Waals surface area contributed by atoms with Crippen LogP contribution < -0.4 is 9.47 Å². The molecule has 2 rings (SSSR count). The fourth-order valence-electron chi connectivity index (χ4n) is 2.46. The summed E-state index contributed by atoms with van der Waals surface area (Å²) in [5, 5.41) is 19.3. The van der Waals surface area contributed by atoms with E-state index in [1.165, 1.54) is 13.2 Å². The Morgan fingerprint density at radius 1 is 1.25 bits per heavy atom. The van der Waals surface area contributed by atoms with Crippen molar-refractivity contribution >= 4 is 5.97 Å². The molecule has 2 N–H and O–H groups in total. The second kappa shape index (κ2) is 6.61. The third-order valence-electron chi connectivity index (χ3n) is 3.62. The molecule has 5 heteroatoms. The fraction of sp³-hybridized carbons (Fsp3) is 0.533. The number of aliphatic hydroxyl groups excluding tert-OH is 1. The zero-order valence-corrected chi connectivity index (χ0v) is 11.5. The molecular formula is C15H20O5. The van der Waals surface area contributed by atoms with Gasteiger partial charge < -0.3 is 19.7 Å². The monoisotopic (exact) mass is 280 g/mol. The number of aromatic carboxylic acids is 1. The molecule has 0 aliphatic heterocycles. The average Bonchev–Trinajstić information content (AvgIpc) is 2.64. The normalized spacial score (nSPS) is 22.9. The SMILES string of the molecule is COc1ccc(C(=O)O)c(OC2CCCCCC2O)c1. The Morgan fingerprint density at radius 3 is 2.70 bits per heavy atom. The van der Waals surface area contributed by atoms with Gasteiger partial charge in [0.25, 0.3) is 0 Å². The minimum absolute atomic E-state index is 0.0854. The number of hydrogen-bond acceptors (Lipinski definition) is 4. The second-order valence-electron chi connectivity index (χ2n) is 5.03. The van der Waals surface area contributed by atoms with E-state index in [0.29, 0.717) is 12.2 Å². The lowest BCUT2D eigenvalue weighted by Crippen LogP contribution is -2.31. The maximum absolute atomic E-state index is 11.2. The predicted octanol–water partition coefficient (Wildman–Crippen LogP) is 2.47. The Labute approximate surface area is 118 Å². The zero-order valence-electron chi connectivity index (χ0n) is 11.5. The molecule has 2 atom stereocenters. The first kappa shape index (κ1) is 14.7. The summed E-state index contributed by atoms with van der Waals surface area (Å²) < 4.78 is 10.9. The molecule has 5 nitrogen and oxygen atoms in total. The lowest BCUT2D eigenvalue weighted by atomic mass is 10.1. The Bertz CT molecular complexity index is 471. The van der Waals surface area contributed by atoms with E-state index in [2.05, 4.69) is 0 Å². The van der Waals surface area contributed by atoms with Crippen molar-refractivity contribution in [2.75, 3.05) is 7.11 Å². The van der Waals surface area contributed by atoms with Crippen molar-refractivity contribution in [2.24, 2.45) is 0 Å². The van der Waals surface area contributed by atoms with Crippen molar-refractivity contribution in [2.45, 2.75) is 44.3 Å². The third kappa shape index (κ3) is 3.42. The van der Waals surface area contributed by atoms with Crippen molar-refractivity contribution in [3.8, 4) is 11.5 Å². The minimum Gasteiger partial charge on any atom is -0.497 e. The van der Waals surface area contributed by atoms with Gasteiger partial charge in [0, 0.05) is 6.07 Å². The molecule has 1 aromatic rings. The highest BCUT2D eigenvalue weighted by atomic mass is 16.5. The van der Waals surface area contributed by atoms with E-state index in [1.54, 1.807) is 12.1 Å². The standard InChI is InChI=1S/C15H20O5/c1-19-10-7-8-11(15(17)18)14(9-10)20-13-6-4-2-3-5-12(13)16/h7-9,12-13,16H,2-6H2,1H3,(H,17,18).